The maximum Gasteiger partial charge on any atom is 0.419 e. The molecule has 0 spiro atoms. The average Bonchev–Trinajstić information content (AvgIpc) is 2.74. The van der Waals surface area contributed by atoms with Crippen molar-refractivity contribution in [3.63, 3.8) is 0 Å². The van der Waals surface area contributed by atoms with Crippen molar-refractivity contribution in [3.05, 3.63) is 92.2 Å². The molecule has 196 valence electrons. The Morgan fingerprint density at radius 2 is 1.49 bits per heavy atom. The van der Waals surface area contributed by atoms with Crippen molar-refractivity contribution >= 4 is 81.2 Å². The van der Waals surface area contributed by atoms with E-state index in [9.17, 15) is 27.2 Å². The second-order valence-electron chi connectivity index (χ2n) is 7.92. The summed E-state index contributed by atoms with van der Waals surface area (Å²) >= 11 is 30.8. The zero-order chi connectivity index (χ0) is 27.7. The first kappa shape index (κ1) is 29.3. The van der Waals surface area contributed by atoms with Gasteiger partial charge in [-0.2, -0.15) is 13.2 Å². The smallest absolute Gasteiger partial charge is 0.325 e. The molecule has 0 aliphatic carbocycles. The van der Waals surface area contributed by atoms with Crippen LogP contribution < -0.4 is 10.6 Å². The van der Waals surface area contributed by atoms with Crippen LogP contribution >= 0.6 is 58.0 Å². The number of carbonyl (C=O) groups excluding carboxylic acids is 2. The molecule has 3 aromatic carbocycles. The molecule has 0 saturated carbocycles. The van der Waals surface area contributed by atoms with Crippen LogP contribution in [-0.4, -0.2) is 16.1 Å². The Bertz CT molecular complexity index is 1340. The van der Waals surface area contributed by atoms with Gasteiger partial charge in [0, 0.05) is 21.3 Å². The molecule has 13 heteroatoms. The Morgan fingerprint density at radius 3 is 2.05 bits per heavy atom. The summed E-state index contributed by atoms with van der Waals surface area (Å²) in [6.07, 6.45) is -4.99. The highest BCUT2D eigenvalue weighted by atomic mass is 35.5. The van der Waals surface area contributed by atoms with Crippen LogP contribution in [0.1, 0.15) is 34.3 Å². The molecule has 1 unspecified atom stereocenters. The fourth-order valence-corrected chi connectivity index (χ4v) is 4.57. The summed E-state index contributed by atoms with van der Waals surface area (Å²) in [4.78, 5) is 25.7. The number of alkyl halides is 5. The molecule has 4 nitrogen and oxygen atoms in total. The Morgan fingerprint density at radius 1 is 0.865 bits per heavy atom. The number of benzene rings is 3. The number of carbonyl (C=O) groups is 2. The van der Waals surface area contributed by atoms with E-state index in [1.807, 2.05) is 0 Å². The van der Waals surface area contributed by atoms with Crippen molar-refractivity contribution in [2.45, 2.75) is 23.4 Å². The standard InChI is InChI=1S/C24H15Cl5F4N2O2/c1-23(28,29)20(12-6-13(25)9-14(26)7-12)22(37)34-15-3-4-17(27)19(10-15)35-21(36)11-2-5-18(30)16(8-11)24(31,32)33/h2-10,20H,1H3,(H,34,37)(H,35,36). The van der Waals surface area contributed by atoms with Crippen molar-refractivity contribution < 1.29 is 27.2 Å². The minimum absolute atomic E-state index is 0.0159. The lowest BCUT2D eigenvalue weighted by Gasteiger charge is -2.26. The van der Waals surface area contributed by atoms with E-state index in [0.29, 0.717) is 17.7 Å². The molecule has 0 saturated heterocycles. The Kier molecular flexibility index (Phi) is 8.92. The zero-order valence-corrected chi connectivity index (χ0v) is 22.3. The largest absolute Gasteiger partial charge is 0.419 e. The number of nitrogens with one attached hydrogen (secondary N) is 2. The number of rotatable bonds is 6. The van der Waals surface area contributed by atoms with Gasteiger partial charge in [-0.3, -0.25) is 9.59 Å². The highest BCUT2D eigenvalue weighted by molar-refractivity contribution is 6.50. The first-order valence-electron chi connectivity index (χ1n) is 10.2. The minimum Gasteiger partial charge on any atom is -0.325 e. The third-order valence-electron chi connectivity index (χ3n) is 5.00. The van der Waals surface area contributed by atoms with Crippen molar-refractivity contribution in [1.29, 1.82) is 0 Å². The Hall–Kier alpha value is -2.23. The predicted molar refractivity (Wildman–Crippen MR) is 139 cm³/mol. The molecule has 3 rings (SSSR count). The molecule has 0 aromatic heterocycles. The molecule has 0 heterocycles. The summed E-state index contributed by atoms with van der Waals surface area (Å²) in [5, 5.41) is 5.47. The number of hydrogen-bond donors (Lipinski definition) is 2. The first-order chi connectivity index (χ1) is 17.1. The van der Waals surface area contributed by atoms with E-state index in [4.69, 9.17) is 58.0 Å². The van der Waals surface area contributed by atoms with Gasteiger partial charge in [0.25, 0.3) is 5.91 Å². The number of halogens is 9. The second kappa shape index (κ2) is 11.3. The maximum absolute atomic E-state index is 13.6. The molecule has 0 aliphatic rings. The summed E-state index contributed by atoms with van der Waals surface area (Å²) in [5.74, 6) is -4.30. The lowest BCUT2D eigenvalue weighted by atomic mass is 9.94. The van der Waals surface area contributed by atoms with Crippen LogP contribution in [-0.2, 0) is 11.0 Å². The number of hydrogen-bond acceptors (Lipinski definition) is 2. The highest BCUT2D eigenvalue weighted by Gasteiger charge is 2.38. The van der Waals surface area contributed by atoms with Crippen LogP contribution in [0.4, 0.5) is 28.9 Å². The third kappa shape index (κ3) is 7.42. The summed E-state index contributed by atoms with van der Waals surface area (Å²) in [6, 6.07) is 10.3. The second-order valence-corrected chi connectivity index (χ2v) is 11.0. The van der Waals surface area contributed by atoms with Crippen LogP contribution in [0.15, 0.2) is 54.6 Å². The summed E-state index contributed by atoms with van der Waals surface area (Å²) < 4.78 is 51.0. The van der Waals surface area contributed by atoms with Gasteiger partial charge in [-0.05, 0) is 67.1 Å². The normalized spacial score (nSPS) is 12.7. The number of anilines is 2. The molecule has 0 fully saturated rings. The quantitative estimate of drug-likeness (QED) is 0.215. The zero-order valence-electron chi connectivity index (χ0n) is 18.5. The van der Waals surface area contributed by atoms with Crippen LogP contribution in [0.25, 0.3) is 0 Å². The van der Waals surface area contributed by atoms with Gasteiger partial charge >= 0.3 is 6.18 Å². The van der Waals surface area contributed by atoms with Crippen molar-refractivity contribution in [2.24, 2.45) is 0 Å². The third-order valence-corrected chi connectivity index (χ3v) is 6.21. The van der Waals surface area contributed by atoms with Crippen LogP contribution in [0.5, 0.6) is 0 Å². The molecule has 2 N–H and O–H groups in total. The van der Waals surface area contributed by atoms with Crippen LogP contribution in [0.3, 0.4) is 0 Å². The van der Waals surface area contributed by atoms with Gasteiger partial charge in [-0.25, -0.2) is 4.39 Å². The molecule has 3 aromatic rings. The molecule has 0 bridgehead atoms. The topological polar surface area (TPSA) is 58.2 Å². The average molecular weight is 617 g/mol. The Balaban J connectivity index is 1.87. The van der Waals surface area contributed by atoms with Gasteiger partial charge in [0.05, 0.1) is 22.2 Å². The van der Waals surface area contributed by atoms with E-state index in [-0.39, 0.29) is 26.4 Å². The first-order valence-corrected chi connectivity index (χ1v) is 12.1. The molecule has 0 aliphatic heterocycles. The fourth-order valence-electron chi connectivity index (χ4n) is 3.41. The molecular formula is C24H15Cl5F4N2O2. The number of amides is 2. The van der Waals surface area contributed by atoms with E-state index in [0.717, 1.165) is 6.07 Å². The molecule has 0 radical (unpaired) electrons. The summed E-state index contributed by atoms with van der Waals surface area (Å²) in [6.45, 7) is 1.40. The fraction of sp³-hybridized carbons (Fsp3) is 0.167. The van der Waals surface area contributed by atoms with E-state index >= 15 is 0 Å². The molecule has 37 heavy (non-hydrogen) atoms. The van der Waals surface area contributed by atoms with E-state index in [2.05, 4.69) is 10.6 Å². The molecule has 2 amide bonds. The monoisotopic (exact) mass is 614 g/mol. The van der Waals surface area contributed by atoms with Gasteiger partial charge in [0.2, 0.25) is 5.91 Å². The van der Waals surface area contributed by atoms with E-state index in [1.165, 1.54) is 43.3 Å². The highest BCUT2D eigenvalue weighted by Crippen LogP contribution is 2.40. The lowest BCUT2D eigenvalue weighted by molar-refractivity contribution is -0.140. The maximum atomic E-state index is 13.6. The van der Waals surface area contributed by atoms with Crippen LogP contribution in [0, 0.1) is 5.82 Å². The molecule has 1 atom stereocenters. The minimum atomic E-state index is -4.99. The summed E-state index contributed by atoms with van der Waals surface area (Å²) in [5.41, 5.74) is -1.61. The summed E-state index contributed by atoms with van der Waals surface area (Å²) in [7, 11) is 0. The van der Waals surface area contributed by atoms with Gasteiger partial charge in [-0.15, -0.1) is 23.2 Å². The predicted octanol–water partition coefficient (Wildman–Crippen LogP) is 8.97. The van der Waals surface area contributed by atoms with E-state index < -0.39 is 45.2 Å². The van der Waals surface area contributed by atoms with Gasteiger partial charge in [0.1, 0.15) is 10.2 Å². The lowest BCUT2D eigenvalue weighted by Crippen LogP contribution is -2.32. The van der Waals surface area contributed by atoms with Gasteiger partial charge < -0.3 is 10.6 Å². The van der Waals surface area contributed by atoms with Crippen molar-refractivity contribution in [1.82, 2.24) is 0 Å². The van der Waals surface area contributed by atoms with Gasteiger partial charge in [0.15, 0.2) is 0 Å². The van der Waals surface area contributed by atoms with Gasteiger partial charge in [-0.1, -0.05) is 34.8 Å². The van der Waals surface area contributed by atoms with Crippen molar-refractivity contribution in [2.75, 3.05) is 10.6 Å². The Labute approximate surface area is 233 Å². The van der Waals surface area contributed by atoms with Crippen LogP contribution in [0.2, 0.25) is 15.1 Å². The van der Waals surface area contributed by atoms with Crippen molar-refractivity contribution in [3.8, 4) is 0 Å². The van der Waals surface area contributed by atoms with E-state index in [1.54, 1.807) is 0 Å². The SMILES string of the molecule is CC(Cl)(Cl)C(C(=O)Nc1ccc(Cl)c(NC(=O)c2ccc(F)c(C(F)(F)F)c2)c1)c1cc(Cl)cc(Cl)c1. The molecular weight excluding hydrogens is 602 g/mol.